The number of rotatable bonds is 5. The van der Waals surface area contributed by atoms with Gasteiger partial charge in [-0.1, -0.05) is 28.1 Å². The molecule has 1 unspecified atom stereocenters. The lowest BCUT2D eigenvalue weighted by molar-refractivity contribution is -0.142. The number of hydrogen-bond donors (Lipinski definition) is 1. The summed E-state index contributed by atoms with van der Waals surface area (Å²) in [5.74, 6) is -0.00595. The maximum absolute atomic E-state index is 12.8. The van der Waals surface area contributed by atoms with Crippen molar-refractivity contribution in [3.8, 4) is 0 Å². The molecule has 0 aliphatic carbocycles. The average molecular weight is 437 g/mol. The van der Waals surface area contributed by atoms with Gasteiger partial charge >= 0.3 is 5.97 Å². The quantitative estimate of drug-likeness (QED) is 0.716. The Bertz CT molecular complexity index is 882. The van der Waals surface area contributed by atoms with Gasteiger partial charge in [0.1, 0.15) is 12.2 Å². The van der Waals surface area contributed by atoms with Crippen molar-refractivity contribution in [1.82, 2.24) is 14.5 Å². The van der Waals surface area contributed by atoms with Crippen molar-refractivity contribution in [2.45, 2.75) is 26.2 Å². The van der Waals surface area contributed by atoms with E-state index < -0.39 is 12.3 Å². The fourth-order valence-corrected chi connectivity index (χ4v) is 3.49. The van der Waals surface area contributed by atoms with Gasteiger partial charge in [0, 0.05) is 25.1 Å². The maximum atomic E-state index is 12.8. The molecular formula is C18H21BrN4O4. The van der Waals surface area contributed by atoms with E-state index in [1.807, 2.05) is 24.3 Å². The second kappa shape index (κ2) is 7.69. The molecule has 0 radical (unpaired) electrons. The molecule has 9 heteroatoms. The van der Waals surface area contributed by atoms with E-state index >= 15 is 0 Å². The Labute approximate surface area is 165 Å². The zero-order chi connectivity index (χ0) is 19.7. The summed E-state index contributed by atoms with van der Waals surface area (Å²) in [6.07, 6.45) is -1.18. The normalized spacial score (nSPS) is 16.5. The summed E-state index contributed by atoms with van der Waals surface area (Å²) in [5, 5.41) is 10.2. The minimum absolute atomic E-state index is 0.0597. The molecule has 0 saturated carbocycles. The number of aromatic nitrogens is 2. The van der Waals surface area contributed by atoms with E-state index in [0.717, 1.165) is 10.0 Å². The number of imidazole rings is 1. The molecule has 1 aromatic carbocycles. The van der Waals surface area contributed by atoms with Crippen LogP contribution in [0.25, 0.3) is 0 Å². The lowest BCUT2D eigenvalue weighted by Crippen LogP contribution is -2.52. The molecule has 1 aliphatic heterocycles. The van der Waals surface area contributed by atoms with Crippen LogP contribution >= 0.6 is 15.9 Å². The molecule has 0 spiro atoms. The molecule has 2 heterocycles. The Kier molecular flexibility index (Phi) is 5.52. The molecule has 1 aliphatic rings. The van der Waals surface area contributed by atoms with Gasteiger partial charge < -0.3 is 19.3 Å². The number of carbonyl (C=O) groups is 2. The first-order valence-corrected chi connectivity index (χ1v) is 9.30. The second-order valence-electron chi connectivity index (χ2n) is 6.27. The minimum Gasteiger partial charge on any atom is -0.466 e. The van der Waals surface area contributed by atoms with Crippen LogP contribution in [-0.4, -0.2) is 58.5 Å². The summed E-state index contributed by atoms with van der Waals surface area (Å²) in [4.78, 5) is 32.1. The van der Waals surface area contributed by atoms with Crippen LogP contribution in [0.15, 0.2) is 28.7 Å². The second-order valence-corrected chi connectivity index (χ2v) is 7.19. The molecule has 0 saturated heterocycles. The van der Waals surface area contributed by atoms with Crippen LogP contribution in [0.1, 0.15) is 28.8 Å². The zero-order valence-electron chi connectivity index (χ0n) is 15.3. The van der Waals surface area contributed by atoms with Gasteiger partial charge in [0.25, 0.3) is 5.91 Å². The molecule has 1 aromatic heterocycles. The molecule has 27 heavy (non-hydrogen) atoms. The SMILES string of the molecule is CCOC(=O)Cc1nc2c(n1Cc1cccc(Br)c1)C(=O)N(C)C(O)N2C. The first-order valence-electron chi connectivity index (χ1n) is 8.51. The van der Waals surface area contributed by atoms with E-state index in [-0.39, 0.29) is 18.9 Å². The number of hydrogen-bond acceptors (Lipinski definition) is 6. The number of aliphatic hydroxyl groups is 1. The van der Waals surface area contributed by atoms with E-state index in [1.54, 1.807) is 18.5 Å². The molecule has 3 rings (SSSR count). The number of carbonyl (C=O) groups excluding carboxylic acids is 2. The van der Waals surface area contributed by atoms with Gasteiger partial charge in [-0.2, -0.15) is 0 Å². The molecule has 0 bridgehead atoms. The van der Waals surface area contributed by atoms with E-state index in [2.05, 4.69) is 20.9 Å². The molecule has 1 atom stereocenters. The van der Waals surface area contributed by atoms with Crippen LogP contribution < -0.4 is 4.90 Å². The number of amides is 1. The number of esters is 1. The summed E-state index contributed by atoms with van der Waals surface area (Å²) in [6.45, 7) is 2.37. The monoisotopic (exact) mass is 436 g/mol. The van der Waals surface area contributed by atoms with Gasteiger partial charge in [-0.15, -0.1) is 0 Å². The lowest BCUT2D eigenvalue weighted by Gasteiger charge is -2.36. The smallest absolute Gasteiger partial charge is 0.313 e. The lowest BCUT2D eigenvalue weighted by atomic mass is 10.2. The van der Waals surface area contributed by atoms with Crippen molar-refractivity contribution in [3.05, 3.63) is 45.8 Å². The Morgan fingerprint density at radius 3 is 2.74 bits per heavy atom. The highest BCUT2D eigenvalue weighted by molar-refractivity contribution is 9.10. The predicted molar refractivity (Wildman–Crippen MR) is 102 cm³/mol. The first-order chi connectivity index (χ1) is 12.8. The molecule has 1 amide bonds. The summed E-state index contributed by atoms with van der Waals surface area (Å²) >= 11 is 3.44. The van der Waals surface area contributed by atoms with E-state index in [4.69, 9.17) is 4.74 Å². The third-order valence-electron chi connectivity index (χ3n) is 4.42. The van der Waals surface area contributed by atoms with Crippen molar-refractivity contribution < 1.29 is 19.4 Å². The number of fused-ring (bicyclic) bond motifs is 1. The average Bonchev–Trinajstić information content (AvgIpc) is 2.96. The number of ether oxygens (including phenoxy) is 1. The summed E-state index contributed by atoms with van der Waals surface area (Å²) in [5.41, 5.74) is 1.28. The zero-order valence-corrected chi connectivity index (χ0v) is 16.9. The number of nitrogens with zero attached hydrogens (tertiary/aromatic N) is 4. The fraction of sp³-hybridized carbons (Fsp3) is 0.389. The summed E-state index contributed by atoms with van der Waals surface area (Å²) < 4.78 is 7.67. The summed E-state index contributed by atoms with van der Waals surface area (Å²) in [7, 11) is 3.17. The van der Waals surface area contributed by atoms with Gasteiger partial charge in [0.15, 0.2) is 11.5 Å². The molecule has 8 nitrogen and oxygen atoms in total. The third-order valence-corrected chi connectivity index (χ3v) is 4.91. The van der Waals surface area contributed by atoms with Crippen LogP contribution in [0.3, 0.4) is 0 Å². The molecule has 144 valence electrons. The number of aliphatic hydroxyl groups excluding tert-OH is 1. The highest BCUT2D eigenvalue weighted by Crippen LogP contribution is 2.30. The standard InChI is InChI=1S/C18H21BrN4O4/c1-4-27-14(24)9-13-20-16-15(17(25)22(3)18(26)21(16)2)23(13)10-11-6-5-7-12(19)8-11/h5-8,18,26H,4,9-10H2,1-3H3. The number of halogens is 1. The van der Waals surface area contributed by atoms with Crippen LogP contribution in [0.2, 0.25) is 0 Å². The summed E-state index contributed by atoms with van der Waals surface area (Å²) in [6, 6.07) is 7.68. The van der Waals surface area contributed by atoms with Crippen molar-refractivity contribution in [1.29, 1.82) is 0 Å². The highest BCUT2D eigenvalue weighted by Gasteiger charge is 2.38. The van der Waals surface area contributed by atoms with Crippen LogP contribution in [-0.2, 0) is 22.5 Å². The van der Waals surface area contributed by atoms with Crippen LogP contribution in [0.4, 0.5) is 5.82 Å². The fourth-order valence-electron chi connectivity index (χ4n) is 3.05. The van der Waals surface area contributed by atoms with Crippen molar-refractivity contribution >= 4 is 33.6 Å². The third kappa shape index (κ3) is 3.70. The van der Waals surface area contributed by atoms with Crippen molar-refractivity contribution in [2.24, 2.45) is 0 Å². The number of anilines is 1. The van der Waals surface area contributed by atoms with Gasteiger partial charge in [-0.3, -0.25) is 14.5 Å². The largest absolute Gasteiger partial charge is 0.466 e. The van der Waals surface area contributed by atoms with Gasteiger partial charge in [0.2, 0.25) is 6.35 Å². The first kappa shape index (κ1) is 19.4. The van der Waals surface area contributed by atoms with Crippen molar-refractivity contribution in [2.75, 3.05) is 25.6 Å². The van der Waals surface area contributed by atoms with Gasteiger partial charge in [-0.25, -0.2) is 4.98 Å². The van der Waals surface area contributed by atoms with Crippen LogP contribution in [0, 0.1) is 0 Å². The Morgan fingerprint density at radius 1 is 1.33 bits per heavy atom. The topological polar surface area (TPSA) is 87.9 Å². The van der Waals surface area contributed by atoms with E-state index in [1.165, 1.54) is 16.8 Å². The Balaban J connectivity index is 2.09. The molecular weight excluding hydrogens is 416 g/mol. The Morgan fingerprint density at radius 2 is 2.07 bits per heavy atom. The van der Waals surface area contributed by atoms with Gasteiger partial charge in [0.05, 0.1) is 6.61 Å². The molecule has 0 fully saturated rings. The Hall–Kier alpha value is -2.39. The number of benzene rings is 1. The highest BCUT2D eigenvalue weighted by atomic mass is 79.9. The predicted octanol–water partition coefficient (Wildman–Crippen LogP) is 1.60. The molecule has 2 aromatic rings. The van der Waals surface area contributed by atoms with Gasteiger partial charge in [-0.05, 0) is 24.6 Å². The minimum atomic E-state index is -1.12. The van der Waals surface area contributed by atoms with Crippen LogP contribution in [0.5, 0.6) is 0 Å². The van der Waals surface area contributed by atoms with Crippen molar-refractivity contribution in [3.63, 3.8) is 0 Å². The molecule has 1 N–H and O–H groups in total. The van der Waals surface area contributed by atoms with E-state index in [0.29, 0.717) is 23.9 Å². The van der Waals surface area contributed by atoms with E-state index in [9.17, 15) is 14.7 Å². The maximum Gasteiger partial charge on any atom is 0.313 e.